The quantitative estimate of drug-likeness (QED) is 0.818. The van der Waals surface area contributed by atoms with Crippen LogP contribution in [0.2, 0.25) is 0 Å². The van der Waals surface area contributed by atoms with Gasteiger partial charge in [0, 0.05) is 31.9 Å². The Hall–Kier alpha value is -2.20. The number of alkyl halides is 3. The number of amides is 1. The molecule has 0 atom stereocenters. The van der Waals surface area contributed by atoms with E-state index in [1.54, 1.807) is 4.90 Å². The van der Waals surface area contributed by atoms with Crippen LogP contribution in [0.5, 0.6) is 0 Å². The van der Waals surface area contributed by atoms with E-state index >= 15 is 0 Å². The van der Waals surface area contributed by atoms with Crippen LogP contribution in [-0.2, 0) is 11.0 Å². The summed E-state index contributed by atoms with van der Waals surface area (Å²) in [5.41, 5.74) is 0.512. The summed E-state index contributed by atoms with van der Waals surface area (Å²) in [4.78, 5) is 18.9. The van der Waals surface area contributed by atoms with Gasteiger partial charge in [-0.3, -0.25) is 9.69 Å². The predicted octanol–water partition coefficient (Wildman–Crippen LogP) is 3.06. The smallest absolute Gasteiger partial charge is 0.346 e. The molecule has 140 valence electrons. The molecule has 5 nitrogen and oxygen atoms in total. The summed E-state index contributed by atoms with van der Waals surface area (Å²) >= 11 is 0.626. The molecule has 1 aromatic heterocycles. The van der Waals surface area contributed by atoms with Gasteiger partial charge in [0.05, 0.1) is 12.7 Å². The molecule has 0 unspecified atom stereocenters. The number of nitrogens with zero attached hydrogens (tertiary/aromatic N) is 3. The van der Waals surface area contributed by atoms with Gasteiger partial charge in [-0.1, -0.05) is 11.3 Å². The number of nitrogens with one attached hydrogen (secondary N) is 1. The zero-order valence-electron chi connectivity index (χ0n) is 13.6. The molecular formula is C16H16F4N4OS. The molecular weight excluding hydrogens is 372 g/mol. The summed E-state index contributed by atoms with van der Waals surface area (Å²) in [6, 6.07) is 5.48. The summed E-state index contributed by atoms with van der Waals surface area (Å²) in [5, 5.41) is 3.02. The maximum atomic E-state index is 12.8. The largest absolute Gasteiger partial charge is 0.427 e. The Morgan fingerprint density at radius 3 is 2.38 bits per heavy atom. The lowest BCUT2D eigenvalue weighted by atomic mass is 10.3. The van der Waals surface area contributed by atoms with Gasteiger partial charge in [0.2, 0.25) is 5.91 Å². The Balaban J connectivity index is 1.48. The highest BCUT2D eigenvalue weighted by Crippen LogP contribution is 2.36. The van der Waals surface area contributed by atoms with Crippen molar-refractivity contribution in [2.24, 2.45) is 0 Å². The van der Waals surface area contributed by atoms with Crippen LogP contribution in [0.15, 0.2) is 30.5 Å². The van der Waals surface area contributed by atoms with Crippen molar-refractivity contribution in [3.63, 3.8) is 0 Å². The monoisotopic (exact) mass is 388 g/mol. The van der Waals surface area contributed by atoms with Gasteiger partial charge in [-0.2, -0.15) is 13.2 Å². The third-order valence-electron chi connectivity index (χ3n) is 3.91. The average molecular weight is 388 g/mol. The second-order valence-corrected chi connectivity index (χ2v) is 6.83. The summed E-state index contributed by atoms with van der Waals surface area (Å²) in [7, 11) is 0. The van der Waals surface area contributed by atoms with Crippen LogP contribution in [-0.4, -0.2) is 48.5 Å². The number of hydrogen-bond donors (Lipinski definition) is 1. The van der Waals surface area contributed by atoms with Crippen LogP contribution < -0.4 is 10.2 Å². The summed E-state index contributed by atoms with van der Waals surface area (Å²) < 4.78 is 50.8. The van der Waals surface area contributed by atoms with E-state index in [9.17, 15) is 22.4 Å². The van der Waals surface area contributed by atoms with Crippen molar-refractivity contribution in [1.29, 1.82) is 0 Å². The molecule has 1 aliphatic heterocycles. The topological polar surface area (TPSA) is 48.5 Å². The SMILES string of the molecule is O=C(CN1CCN(c2ncc(C(F)(F)F)s2)CC1)Nc1ccc(F)cc1. The predicted molar refractivity (Wildman–Crippen MR) is 90.8 cm³/mol. The lowest BCUT2D eigenvalue weighted by Gasteiger charge is -2.34. The zero-order chi connectivity index (χ0) is 18.7. The molecule has 0 bridgehead atoms. The Morgan fingerprint density at radius 1 is 1.15 bits per heavy atom. The first-order valence-electron chi connectivity index (χ1n) is 7.87. The van der Waals surface area contributed by atoms with Gasteiger partial charge in [0.15, 0.2) is 5.13 Å². The minimum absolute atomic E-state index is 0.164. The molecule has 1 saturated heterocycles. The number of carbonyl (C=O) groups excluding carboxylic acids is 1. The molecule has 1 aromatic carbocycles. The minimum Gasteiger partial charge on any atom is -0.346 e. The molecule has 1 aliphatic rings. The molecule has 0 radical (unpaired) electrons. The molecule has 1 fully saturated rings. The van der Waals surface area contributed by atoms with E-state index in [1.165, 1.54) is 24.3 Å². The number of carbonyl (C=O) groups is 1. The number of benzene rings is 1. The van der Waals surface area contributed by atoms with Crippen molar-refractivity contribution < 1.29 is 22.4 Å². The molecule has 1 N–H and O–H groups in total. The fourth-order valence-electron chi connectivity index (χ4n) is 2.58. The standard InChI is InChI=1S/C16H16F4N4OS/c17-11-1-3-12(4-2-11)22-14(25)10-23-5-7-24(8-6-23)15-21-9-13(26-15)16(18,19)20/h1-4,9H,5-8,10H2,(H,22,25). The van der Waals surface area contributed by atoms with Gasteiger partial charge in [0.25, 0.3) is 0 Å². The highest BCUT2D eigenvalue weighted by Gasteiger charge is 2.34. The Morgan fingerprint density at radius 2 is 1.81 bits per heavy atom. The maximum Gasteiger partial charge on any atom is 0.427 e. The van der Waals surface area contributed by atoms with Crippen molar-refractivity contribution in [2.45, 2.75) is 6.18 Å². The Kier molecular flexibility index (Phi) is 5.42. The molecule has 2 heterocycles. The van der Waals surface area contributed by atoms with Gasteiger partial charge < -0.3 is 10.2 Å². The fourth-order valence-corrected chi connectivity index (χ4v) is 3.41. The molecule has 0 saturated carbocycles. The summed E-state index contributed by atoms with van der Waals surface area (Å²) in [6.07, 6.45) is -3.53. The lowest BCUT2D eigenvalue weighted by Crippen LogP contribution is -2.48. The first-order chi connectivity index (χ1) is 12.3. The highest BCUT2D eigenvalue weighted by atomic mass is 32.1. The molecule has 2 aromatic rings. The number of thiazole rings is 1. The fraction of sp³-hybridized carbons (Fsp3) is 0.375. The molecule has 26 heavy (non-hydrogen) atoms. The van der Waals surface area contributed by atoms with Gasteiger partial charge in [-0.05, 0) is 24.3 Å². The Bertz CT molecular complexity index is 754. The van der Waals surface area contributed by atoms with E-state index in [2.05, 4.69) is 10.3 Å². The van der Waals surface area contributed by atoms with Crippen molar-refractivity contribution in [1.82, 2.24) is 9.88 Å². The minimum atomic E-state index is -4.38. The van der Waals surface area contributed by atoms with Gasteiger partial charge >= 0.3 is 6.18 Å². The number of anilines is 2. The third kappa shape index (κ3) is 4.70. The Labute approximate surface area is 151 Å². The second kappa shape index (κ2) is 7.58. The van der Waals surface area contributed by atoms with Crippen molar-refractivity contribution in [2.75, 3.05) is 42.9 Å². The first-order valence-corrected chi connectivity index (χ1v) is 8.68. The highest BCUT2D eigenvalue weighted by molar-refractivity contribution is 7.15. The molecule has 0 spiro atoms. The van der Waals surface area contributed by atoms with Crippen molar-refractivity contribution in [3.8, 4) is 0 Å². The summed E-state index contributed by atoms with van der Waals surface area (Å²) in [5.74, 6) is -0.603. The maximum absolute atomic E-state index is 12.8. The molecule has 0 aliphatic carbocycles. The van der Waals surface area contributed by atoms with Gasteiger partial charge in [0.1, 0.15) is 10.7 Å². The normalized spacial score (nSPS) is 15.9. The zero-order valence-corrected chi connectivity index (χ0v) is 14.4. The number of rotatable bonds is 4. The van der Waals surface area contributed by atoms with E-state index in [0.29, 0.717) is 48.3 Å². The van der Waals surface area contributed by atoms with Crippen LogP contribution in [0.1, 0.15) is 4.88 Å². The van der Waals surface area contributed by atoms with Crippen LogP contribution in [0.25, 0.3) is 0 Å². The molecule has 1 amide bonds. The van der Waals surface area contributed by atoms with E-state index in [1.807, 2.05) is 4.90 Å². The third-order valence-corrected chi connectivity index (χ3v) is 5.01. The second-order valence-electron chi connectivity index (χ2n) is 5.82. The van der Waals surface area contributed by atoms with E-state index in [4.69, 9.17) is 0 Å². The molecule has 10 heteroatoms. The number of aromatic nitrogens is 1. The lowest BCUT2D eigenvalue weighted by molar-refractivity contribution is -0.134. The van der Waals surface area contributed by atoms with Crippen LogP contribution in [0, 0.1) is 5.82 Å². The van der Waals surface area contributed by atoms with Gasteiger partial charge in [-0.15, -0.1) is 0 Å². The van der Waals surface area contributed by atoms with Crippen LogP contribution >= 0.6 is 11.3 Å². The molecule has 3 rings (SSSR count). The number of piperazine rings is 1. The van der Waals surface area contributed by atoms with Crippen molar-refractivity contribution in [3.05, 3.63) is 41.2 Å². The van der Waals surface area contributed by atoms with Gasteiger partial charge in [-0.25, -0.2) is 9.37 Å². The number of hydrogen-bond acceptors (Lipinski definition) is 5. The van der Waals surface area contributed by atoms with Crippen LogP contribution in [0.4, 0.5) is 28.4 Å². The van der Waals surface area contributed by atoms with E-state index in [-0.39, 0.29) is 18.3 Å². The van der Waals surface area contributed by atoms with E-state index in [0.717, 1.165) is 6.20 Å². The first kappa shape index (κ1) is 18.6. The van der Waals surface area contributed by atoms with E-state index < -0.39 is 11.1 Å². The summed E-state index contributed by atoms with van der Waals surface area (Å²) in [6.45, 7) is 2.23. The van der Waals surface area contributed by atoms with Crippen molar-refractivity contribution >= 4 is 28.1 Å². The average Bonchev–Trinajstić information content (AvgIpc) is 3.08. The number of halogens is 4. The van der Waals surface area contributed by atoms with Crippen LogP contribution in [0.3, 0.4) is 0 Å².